The van der Waals surface area contributed by atoms with Crippen LogP contribution in [0.2, 0.25) is 5.02 Å². The molecule has 2 fully saturated rings. The van der Waals surface area contributed by atoms with Gasteiger partial charge in [0.25, 0.3) is 0 Å². The zero-order valence-corrected chi connectivity index (χ0v) is 17.0. The molecule has 3 aliphatic heterocycles. The lowest BCUT2D eigenvalue weighted by Crippen LogP contribution is -2.51. The molecule has 4 rings (SSSR count). The standard InChI is InChI=1S/C20H24ClN3O5/c1-27-18(25)16-15(12-24-7-5-20(6-8-24)28-9-10-29-20)22-19(26)23-17(16)13-3-2-4-14(21)11-13/h2-4,11,17H,5-10,12H2,1H3,(H2,22,23,26)/t17-/m0/s1. The molecule has 0 bridgehead atoms. The molecule has 9 heteroatoms. The number of nitrogens with one attached hydrogen (secondary N) is 2. The number of hydrogen-bond donors (Lipinski definition) is 2. The number of urea groups is 1. The third kappa shape index (κ3) is 4.25. The second-order valence-electron chi connectivity index (χ2n) is 7.35. The van der Waals surface area contributed by atoms with Gasteiger partial charge in [-0.05, 0) is 17.7 Å². The Labute approximate surface area is 174 Å². The number of nitrogens with zero attached hydrogens (tertiary/aromatic N) is 1. The summed E-state index contributed by atoms with van der Waals surface area (Å²) in [6.45, 7) is 3.15. The summed E-state index contributed by atoms with van der Waals surface area (Å²) in [5.41, 5.74) is 1.63. The summed E-state index contributed by atoms with van der Waals surface area (Å²) in [7, 11) is 1.33. The molecule has 0 aliphatic carbocycles. The first-order valence-electron chi connectivity index (χ1n) is 9.64. The quantitative estimate of drug-likeness (QED) is 0.722. The van der Waals surface area contributed by atoms with Crippen molar-refractivity contribution in [2.75, 3.05) is 40.0 Å². The minimum Gasteiger partial charge on any atom is -0.466 e. The maximum absolute atomic E-state index is 12.6. The largest absolute Gasteiger partial charge is 0.466 e. The van der Waals surface area contributed by atoms with Gasteiger partial charge in [-0.25, -0.2) is 9.59 Å². The Kier molecular flexibility index (Phi) is 5.78. The van der Waals surface area contributed by atoms with Gasteiger partial charge in [-0.2, -0.15) is 0 Å². The lowest BCUT2D eigenvalue weighted by Gasteiger charge is -2.39. The zero-order valence-electron chi connectivity index (χ0n) is 16.2. The normalized spacial score (nSPS) is 24.3. The highest BCUT2D eigenvalue weighted by molar-refractivity contribution is 6.30. The lowest BCUT2D eigenvalue weighted by atomic mass is 9.94. The van der Waals surface area contributed by atoms with Gasteiger partial charge < -0.3 is 24.8 Å². The van der Waals surface area contributed by atoms with Crippen LogP contribution in [0.15, 0.2) is 35.5 Å². The van der Waals surface area contributed by atoms with Gasteiger partial charge in [0.15, 0.2) is 5.79 Å². The van der Waals surface area contributed by atoms with Crippen LogP contribution >= 0.6 is 11.6 Å². The molecule has 1 aromatic carbocycles. The Hall–Kier alpha value is -2.13. The number of halogens is 1. The zero-order chi connectivity index (χ0) is 20.4. The van der Waals surface area contributed by atoms with Crippen molar-refractivity contribution in [2.45, 2.75) is 24.7 Å². The molecule has 29 heavy (non-hydrogen) atoms. The Bertz CT molecular complexity index is 827. The number of esters is 1. The van der Waals surface area contributed by atoms with Crippen molar-refractivity contribution in [3.8, 4) is 0 Å². The lowest BCUT2D eigenvalue weighted by molar-refractivity contribution is -0.184. The molecule has 0 saturated carbocycles. The molecule has 1 atom stereocenters. The van der Waals surface area contributed by atoms with Gasteiger partial charge in [0.1, 0.15) is 0 Å². The number of methoxy groups -OCH3 is 1. The molecule has 0 unspecified atom stereocenters. The Morgan fingerprint density at radius 1 is 1.31 bits per heavy atom. The number of benzene rings is 1. The van der Waals surface area contributed by atoms with Crippen molar-refractivity contribution in [1.29, 1.82) is 0 Å². The summed E-state index contributed by atoms with van der Waals surface area (Å²) >= 11 is 6.12. The van der Waals surface area contributed by atoms with E-state index in [1.807, 2.05) is 6.07 Å². The van der Waals surface area contributed by atoms with E-state index in [0.717, 1.165) is 31.5 Å². The summed E-state index contributed by atoms with van der Waals surface area (Å²) in [5.74, 6) is -0.968. The molecule has 2 saturated heterocycles. The molecule has 3 aliphatic rings. The van der Waals surface area contributed by atoms with E-state index in [4.69, 9.17) is 25.8 Å². The number of likely N-dealkylation sites (tertiary alicyclic amines) is 1. The van der Waals surface area contributed by atoms with Crippen molar-refractivity contribution in [1.82, 2.24) is 15.5 Å². The van der Waals surface area contributed by atoms with E-state index in [2.05, 4.69) is 15.5 Å². The highest BCUT2D eigenvalue weighted by atomic mass is 35.5. The minimum atomic E-state index is -0.637. The van der Waals surface area contributed by atoms with E-state index in [-0.39, 0.29) is 6.03 Å². The molecule has 8 nitrogen and oxygen atoms in total. The molecule has 1 aromatic rings. The molecular formula is C20H24ClN3O5. The van der Waals surface area contributed by atoms with E-state index < -0.39 is 17.8 Å². The first kappa shape index (κ1) is 20.2. The van der Waals surface area contributed by atoms with Crippen molar-refractivity contribution < 1.29 is 23.8 Å². The van der Waals surface area contributed by atoms with E-state index in [0.29, 0.717) is 36.1 Å². The van der Waals surface area contributed by atoms with Crippen molar-refractivity contribution in [3.63, 3.8) is 0 Å². The molecule has 0 aromatic heterocycles. The van der Waals surface area contributed by atoms with Crippen LogP contribution in [0.4, 0.5) is 4.79 Å². The van der Waals surface area contributed by atoms with Gasteiger partial charge >= 0.3 is 12.0 Å². The fourth-order valence-corrected chi connectivity index (χ4v) is 4.29. The fraction of sp³-hybridized carbons (Fsp3) is 0.500. The Balaban J connectivity index is 1.59. The molecule has 2 amide bonds. The number of piperidine rings is 1. The van der Waals surface area contributed by atoms with Crippen molar-refractivity contribution >= 4 is 23.6 Å². The van der Waals surface area contributed by atoms with Gasteiger partial charge in [-0.3, -0.25) is 4.90 Å². The second kappa shape index (κ2) is 8.31. The highest BCUT2D eigenvalue weighted by Crippen LogP contribution is 2.33. The smallest absolute Gasteiger partial charge is 0.338 e. The topological polar surface area (TPSA) is 89.1 Å². The first-order chi connectivity index (χ1) is 14.0. The van der Waals surface area contributed by atoms with Crippen molar-refractivity contribution in [3.05, 3.63) is 46.1 Å². The maximum Gasteiger partial charge on any atom is 0.338 e. The molecule has 1 spiro atoms. The average Bonchev–Trinajstić information content (AvgIpc) is 3.17. The summed E-state index contributed by atoms with van der Waals surface area (Å²) < 4.78 is 16.6. The van der Waals surface area contributed by atoms with Crippen LogP contribution in [0.25, 0.3) is 0 Å². The van der Waals surface area contributed by atoms with Gasteiger partial charge in [0.05, 0.1) is 31.9 Å². The summed E-state index contributed by atoms with van der Waals surface area (Å²) in [5, 5.41) is 6.13. The average molecular weight is 422 g/mol. The number of rotatable bonds is 4. The number of carbonyl (C=O) groups is 2. The van der Waals surface area contributed by atoms with E-state index in [9.17, 15) is 9.59 Å². The molecule has 2 N–H and O–H groups in total. The highest BCUT2D eigenvalue weighted by Gasteiger charge is 2.41. The van der Waals surface area contributed by atoms with E-state index in [1.165, 1.54) is 7.11 Å². The molecule has 0 radical (unpaired) electrons. The molecule has 3 heterocycles. The van der Waals surface area contributed by atoms with E-state index >= 15 is 0 Å². The number of hydrogen-bond acceptors (Lipinski definition) is 6. The van der Waals surface area contributed by atoms with Crippen LogP contribution in [-0.4, -0.2) is 62.6 Å². The molecule has 156 valence electrons. The third-order valence-corrected chi connectivity index (χ3v) is 5.79. The first-order valence-corrected chi connectivity index (χ1v) is 10.0. The number of amides is 2. The van der Waals surface area contributed by atoms with Gasteiger partial charge in [-0.15, -0.1) is 0 Å². The number of carbonyl (C=O) groups excluding carboxylic acids is 2. The van der Waals surface area contributed by atoms with Crippen LogP contribution < -0.4 is 10.6 Å². The van der Waals surface area contributed by atoms with E-state index in [1.54, 1.807) is 18.2 Å². The fourth-order valence-electron chi connectivity index (χ4n) is 4.09. The summed E-state index contributed by atoms with van der Waals surface area (Å²) in [4.78, 5) is 27.2. The van der Waals surface area contributed by atoms with Crippen molar-refractivity contribution in [2.24, 2.45) is 0 Å². The van der Waals surface area contributed by atoms with Crippen LogP contribution in [0, 0.1) is 0 Å². The van der Waals surface area contributed by atoms with Crippen LogP contribution in [0.1, 0.15) is 24.4 Å². The predicted molar refractivity (Wildman–Crippen MR) is 105 cm³/mol. The third-order valence-electron chi connectivity index (χ3n) is 5.55. The second-order valence-corrected chi connectivity index (χ2v) is 7.79. The molecular weight excluding hydrogens is 398 g/mol. The Morgan fingerprint density at radius 2 is 2.03 bits per heavy atom. The minimum absolute atomic E-state index is 0.367. The summed E-state index contributed by atoms with van der Waals surface area (Å²) in [6, 6.07) is 6.08. The predicted octanol–water partition coefficient (Wildman–Crippen LogP) is 1.96. The van der Waals surface area contributed by atoms with Gasteiger partial charge in [-0.1, -0.05) is 23.7 Å². The van der Waals surface area contributed by atoms with Crippen LogP contribution in [0.5, 0.6) is 0 Å². The Morgan fingerprint density at radius 3 is 2.69 bits per heavy atom. The van der Waals surface area contributed by atoms with Crippen LogP contribution in [0.3, 0.4) is 0 Å². The maximum atomic E-state index is 12.6. The number of ether oxygens (including phenoxy) is 3. The SMILES string of the molecule is COC(=O)C1=C(CN2CCC3(CC2)OCCO3)NC(=O)N[C@H]1c1cccc(Cl)c1. The van der Waals surface area contributed by atoms with Crippen LogP contribution in [-0.2, 0) is 19.0 Å². The van der Waals surface area contributed by atoms with Gasteiger partial charge in [0.2, 0.25) is 0 Å². The van der Waals surface area contributed by atoms with Gasteiger partial charge in [0, 0.05) is 43.2 Å². The summed E-state index contributed by atoms with van der Waals surface area (Å²) in [6.07, 6.45) is 1.50. The monoisotopic (exact) mass is 421 g/mol.